The van der Waals surface area contributed by atoms with Gasteiger partial charge in [0.05, 0.1) is 5.69 Å². The van der Waals surface area contributed by atoms with Crippen molar-refractivity contribution in [1.29, 1.82) is 0 Å². The second-order valence-electron chi connectivity index (χ2n) is 5.66. The van der Waals surface area contributed by atoms with E-state index in [0.29, 0.717) is 5.13 Å². The molecule has 1 aliphatic rings. The van der Waals surface area contributed by atoms with Gasteiger partial charge in [0.25, 0.3) is 0 Å². The molecule has 5 nitrogen and oxygen atoms in total. The monoisotopic (exact) mass is 323 g/mol. The van der Waals surface area contributed by atoms with Crippen LogP contribution in [0, 0.1) is 0 Å². The highest BCUT2D eigenvalue weighted by Gasteiger charge is 2.19. The molecule has 0 unspecified atom stereocenters. The molecule has 3 aromatic rings. The van der Waals surface area contributed by atoms with Gasteiger partial charge in [-0.25, -0.2) is 15.0 Å². The molecule has 1 aliphatic heterocycles. The van der Waals surface area contributed by atoms with Crippen molar-refractivity contribution >= 4 is 16.5 Å². The highest BCUT2D eigenvalue weighted by Crippen LogP contribution is 2.23. The Bertz CT molecular complexity index is 815. The quantitative estimate of drug-likeness (QED) is 0.803. The van der Waals surface area contributed by atoms with Gasteiger partial charge in [-0.05, 0) is 0 Å². The van der Waals surface area contributed by atoms with Crippen LogP contribution < -0.4 is 5.73 Å². The molecule has 0 atom stereocenters. The van der Waals surface area contributed by atoms with E-state index in [4.69, 9.17) is 10.7 Å². The Morgan fingerprint density at radius 1 is 1.13 bits per heavy atom. The topological polar surface area (TPSA) is 67.9 Å². The van der Waals surface area contributed by atoms with Crippen LogP contribution in [0.15, 0.2) is 42.7 Å². The first kappa shape index (κ1) is 14.3. The van der Waals surface area contributed by atoms with E-state index in [0.717, 1.165) is 37.4 Å². The van der Waals surface area contributed by atoms with Crippen molar-refractivity contribution in [2.45, 2.75) is 19.5 Å². The van der Waals surface area contributed by atoms with Gasteiger partial charge >= 0.3 is 0 Å². The summed E-state index contributed by atoms with van der Waals surface area (Å²) in [7, 11) is 0. The van der Waals surface area contributed by atoms with Crippen LogP contribution in [0.2, 0.25) is 0 Å². The maximum absolute atomic E-state index is 5.70. The average Bonchev–Trinajstić information content (AvgIpc) is 3.00. The van der Waals surface area contributed by atoms with E-state index in [9.17, 15) is 0 Å². The summed E-state index contributed by atoms with van der Waals surface area (Å²) < 4.78 is 0. The third-order valence-corrected chi connectivity index (χ3v) is 4.81. The molecular formula is C17H17N5S. The first-order valence-electron chi connectivity index (χ1n) is 7.61. The minimum Gasteiger partial charge on any atom is -0.375 e. The van der Waals surface area contributed by atoms with Crippen molar-refractivity contribution in [2.75, 3.05) is 12.3 Å². The lowest BCUT2D eigenvalue weighted by Crippen LogP contribution is -2.30. The van der Waals surface area contributed by atoms with Gasteiger partial charge in [0.1, 0.15) is 0 Å². The van der Waals surface area contributed by atoms with Crippen LogP contribution >= 0.6 is 11.3 Å². The second-order valence-corrected chi connectivity index (χ2v) is 6.80. The molecule has 0 radical (unpaired) electrons. The zero-order valence-electron chi connectivity index (χ0n) is 12.6. The van der Waals surface area contributed by atoms with Crippen molar-refractivity contribution in [2.24, 2.45) is 0 Å². The van der Waals surface area contributed by atoms with E-state index in [1.54, 1.807) is 11.3 Å². The summed E-state index contributed by atoms with van der Waals surface area (Å²) in [6.07, 6.45) is 4.79. The van der Waals surface area contributed by atoms with Gasteiger partial charge in [-0.2, -0.15) is 0 Å². The second kappa shape index (κ2) is 6.06. The predicted molar refractivity (Wildman–Crippen MR) is 91.8 cm³/mol. The lowest BCUT2D eigenvalue weighted by Gasteiger charge is -2.27. The molecule has 6 heteroatoms. The molecule has 23 heavy (non-hydrogen) atoms. The zero-order valence-corrected chi connectivity index (χ0v) is 13.5. The molecule has 0 saturated heterocycles. The van der Waals surface area contributed by atoms with E-state index in [1.165, 1.54) is 16.1 Å². The largest absolute Gasteiger partial charge is 0.375 e. The maximum Gasteiger partial charge on any atom is 0.180 e. The number of thiazole rings is 1. The number of nitrogens with zero attached hydrogens (tertiary/aromatic N) is 4. The molecule has 2 N–H and O–H groups in total. The number of hydrogen-bond donors (Lipinski definition) is 1. The molecule has 0 amide bonds. The fourth-order valence-corrected chi connectivity index (χ4v) is 3.58. The van der Waals surface area contributed by atoms with Crippen molar-refractivity contribution in [3.8, 4) is 11.4 Å². The van der Waals surface area contributed by atoms with Crippen LogP contribution in [0.3, 0.4) is 0 Å². The molecule has 116 valence electrons. The fraction of sp³-hybridized carbons (Fsp3) is 0.235. The summed E-state index contributed by atoms with van der Waals surface area (Å²) in [4.78, 5) is 17.0. The molecule has 4 rings (SSSR count). The minimum atomic E-state index is 0.633. The van der Waals surface area contributed by atoms with Crippen LogP contribution in [0.4, 0.5) is 5.13 Å². The number of rotatable bonds is 3. The fourth-order valence-electron chi connectivity index (χ4n) is 2.85. The summed E-state index contributed by atoms with van der Waals surface area (Å²) in [6, 6.07) is 10.1. The van der Waals surface area contributed by atoms with E-state index in [1.807, 2.05) is 42.7 Å². The van der Waals surface area contributed by atoms with Gasteiger partial charge in [-0.3, -0.25) is 4.90 Å². The van der Waals surface area contributed by atoms with Crippen LogP contribution in [-0.4, -0.2) is 26.4 Å². The van der Waals surface area contributed by atoms with E-state index >= 15 is 0 Å². The lowest BCUT2D eigenvalue weighted by molar-refractivity contribution is 0.245. The first-order valence-corrected chi connectivity index (χ1v) is 8.42. The highest BCUT2D eigenvalue weighted by atomic mass is 32.1. The Morgan fingerprint density at radius 3 is 2.78 bits per heavy atom. The number of anilines is 1. The van der Waals surface area contributed by atoms with Crippen LogP contribution in [0.5, 0.6) is 0 Å². The van der Waals surface area contributed by atoms with Crippen molar-refractivity contribution in [3.05, 3.63) is 58.9 Å². The average molecular weight is 323 g/mol. The summed E-state index contributed by atoms with van der Waals surface area (Å²) in [5.74, 6) is 0.813. The van der Waals surface area contributed by atoms with Crippen molar-refractivity contribution in [1.82, 2.24) is 19.9 Å². The molecule has 0 fully saturated rings. The molecule has 0 saturated carbocycles. The van der Waals surface area contributed by atoms with Crippen LogP contribution in [0.25, 0.3) is 11.4 Å². The minimum absolute atomic E-state index is 0.633. The van der Waals surface area contributed by atoms with E-state index in [2.05, 4.69) is 14.9 Å². The van der Waals surface area contributed by atoms with Crippen molar-refractivity contribution < 1.29 is 0 Å². The van der Waals surface area contributed by atoms with Crippen molar-refractivity contribution in [3.63, 3.8) is 0 Å². The number of fused-ring (bicyclic) bond motifs is 1. The number of nitrogen functional groups attached to an aromatic ring is 1. The van der Waals surface area contributed by atoms with Gasteiger partial charge in [-0.1, -0.05) is 30.3 Å². The third-order valence-electron chi connectivity index (χ3n) is 4.00. The highest BCUT2D eigenvalue weighted by molar-refractivity contribution is 7.15. The van der Waals surface area contributed by atoms with Gasteiger partial charge in [-0.15, -0.1) is 11.3 Å². The number of benzene rings is 1. The third kappa shape index (κ3) is 3.09. The molecule has 0 bridgehead atoms. The number of aromatic nitrogens is 3. The normalized spacial score (nSPS) is 14.6. The van der Waals surface area contributed by atoms with Gasteiger partial charge in [0.15, 0.2) is 11.0 Å². The summed E-state index contributed by atoms with van der Waals surface area (Å²) in [5, 5.41) is 0.633. The Morgan fingerprint density at radius 2 is 2.00 bits per heavy atom. The van der Waals surface area contributed by atoms with Crippen LogP contribution in [-0.2, 0) is 19.5 Å². The summed E-state index contributed by atoms with van der Waals surface area (Å²) >= 11 is 1.56. The van der Waals surface area contributed by atoms with E-state index in [-0.39, 0.29) is 0 Å². The molecular weight excluding hydrogens is 306 g/mol. The molecule has 1 aromatic carbocycles. The zero-order chi connectivity index (χ0) is 15.6. The molecule has 3 heterocycles. The number of nitrogens with two attached hydrogens (primary N) is 1. The Balaban J connectivity index is 1.52. The Kier molecular flexibility index (Phi) is 3.77. The molecule has 2 aromatic heterocycles. The maximum atomic E-state index is 5.70. The standard InChI is InChI=1S/C17H17N5S/c18-17-20-9-14(23-17)11-22-7-6-15-13(10-22)8-19-16(21-15)12-4-2-1-3-5-12/h1-5,8-9H,6-7,10-11H2,(H2,18,20). The lowest BCUT2D eigenvalue weighted by atomic mass is 10.1. The summed E-state index contributed by atoms with van der Waals surface area (Å²) in [6.45, 7) is 2.76. The van der Waals surface area contributed by atoms with Gasteiger partial charge in [0.2, 0.25) is 0 Å². The first-order chi connectivity index (χ1) is 11.3. The SMILES string of the molecule is Nc1ncc(CN2CCc3nc(-c4ccccc4)ncc3C2)s1. The Labute approximate surface area is 138 Å². The van der Waals surface area contributed by atoms with Crippen LogP contribution in [0.1, 0.15) is 16.1 Å². The molecule has 0 spiro atoms. The molecule has 0 aliphatic carbocycles. The summed E-state index contributed by atoms with van der Waals surface area (Å²) in [5.41, 5.74) is 9.15. The van der Waals surface area contributed by atoms with E-state index < -0.39 is 0 Å². The predicted octanol–water partition coefficient (Wildman–Crippen LogP) is 2.74. The Hall–Kier alpha value is -2.31. The van der Waals surface area contributed by atoms with Gasteiger partial charge < -0.3 is 5.73 Å². The number of hydrogen-bond acceptors (Lipinski definition) is 6. The van der Waals surface area contributed by atoms with Gasteiger partial charge in [0, 0.05) is 54.5 Å². The smallest absolute Gasteiger partial charge is 0.180 e.